The normalized spacial score (nSPS) is 15.7. The highest BCUT2D eigenvalue weighted by Crippen LogP contribution is 2.29. The van der Waals surface area contributed by atoms with Crippen molar-refractivity contribution in [1.29, 1.82) is 0 Å². The number of aryl methyl sites for hydroxylation is 1. The van der Waals surface area contributed by atoms with Crippen molar-refractivity contribution in [3.8, 4) is 5.75 Å². The van der Waals surface area contributed by atoms with Gasteiger partial charge in [0.2, 0.25) is 0 Å². The van der Waals surface area contributed by atoms with Crippen molar-refractivity contribution in [3.05, 3.63) is 57.5 Å². The van der Waals surface area contributed by atoms with Gasteiger partial charge in [0.1, 0.15) is 5.75 Å². The van der Waals surface area contributed by atoms with E-state index in [1.165, 1.54) is 11.3 Å². The summed E-state index contributed by atoms with van der Waals surface area (Å²) in [4.78, 5) is 16.9. The largest absolute Gasteiger partial charge is 0.480 e. The molecule has 26 heavy (non-hydrogen) atoms. The molecule has 0 bridgehead atoms. The second-order valence-corrected chi connectivity index (χ2v) is 7.78. The van der Waals surface area contributed by atoms with E-state index in [0.29, 0.717) is 23.9 Å². The van der Waals surface area contributed by atoms with Crippen molar-refractivity contribution in [1.82, 2.24) is 4.90 Å². The fraction of sp³-hybridized carbons (Fsp3) is 0.350. The SMILES string of the molecule is Cc1cccc(N2CCN(C(=O)C(C)Oc3ccc(Cl)cc3Br)CC2)c1. The third kappa shape index (κ3) is 4.51. The summed E-state index contributed by atoms with van der Waals surface area (Å²) in [6, 6.07) is 13.7. The smallest absolute Gasteiger partial charge is 0.263 e. The predicted octanol–water partition coefficient (Wildman–Crippen LogP) is 4.53. The minimum atomic E-state index is -0.544. The molecule has 0 aromatic heterocycles. The number of nitrogens with zero attached hydrogens (tertiary/aromatic N) is 2. The molecule has 2 aromatic rings. The summed E-state index contributed by atoms with van der Waals surface area (Å²) in [5, 5.41) is 0.621. The molecule has 138 valence electrons. The average molecular weight is 438 g/mol. The molecule has 4 nitrogen and oxygen atoms in total. The molecule has 1 aliphatic heterocycles. The number of hydrogen-bond donors (Lipinski definition) is 0. The van der Waals surface area contributed by atoms with Gasteiger partial charge in [-0.15, -0.1) is 0 Å². The van der Waals surface area contributed by atoms with E-state index < -0.39 is 6.10 Å². The lowest BCUT2D eigenvalue weighted by Gasteiger charge is -2.37. The summed E-state index contributed by atoms with van der Waals surface area (Å²) in [6.45, 7) is 6.93. The number of carbonyl (C=O) groups excluding carboxylic acids is 1. The topological polar surface area (TPSA) is 32.8 Å². The molecular formula is C20H22BrClN2O2. The summed E-state index contributed by atoms with van der Waals surface area (Å²) < 4.78 is 6.58. The molecule has 6 heteroatoms. The summed E-state index contributed by atoms with van der Waals surface area (Å²) in [6.07, 6.45) is -0.544. The molecule has 0 aliphatic carbocycles. The van der Waals surface area contributed by atoms with Gasteiger partial charge < -0.3 is 14.5 Å². The van der Waals surface area contributed by atoms with E-state index in [4.69, 9.17) is 16.3 Å². The number of piperazine rings is 1. The van der Waals surface area contributed by atoms with Gasteiger partial charge in [-0.25, -0.2) is 0 Å². The summed E-state index contributed by atoms with van der Waals surface area (Å²) >= 11 is 9.37. The van der Waals surface area contributed by atoms with Crippen LogP contribution in [0.15, 0.2) is 46.9 Å². The van der Waals surface area contributed by atoms with Gasteiger partial charge in [0.05, 0.1) is 4.47 Å². The molecule has 1 saturated heterocycles. The van der Waals surface area contributed by atoms with Gasteiger partial charge >= 0.3 is 0 Å². The molecule has 2 aromatic carbocycles. The molecule has 1 unspecified atom stereocenters. The number of carbonyl (C=O) groups is 1. The van der Waals surface area contributed by atoms with Crippen LogP contribution in [0.25, 0.3) is 0 Å². The van der Waals surface area contributed by atoms with Crippen LogP contribution in [0.2, 0.25) is 5.02 Å². The second-order valence-electron chi connectivity index (χ2n) is 6.49. The van der Waals surface area contributed by atoms with E-state index >= 15 is 0 Å². The third-order valence-corrected chi connectivity index (χ3v) is 5.36. The van der Waals surface area contributed by atoms with Crippen LogP contribution in [0.4, 0.5) is 5.69 Å². The van der Waals surface area contributed by atoms with Gasteiger partial charge in [-0.2, -0.15) is 0 Å². The number of hydrogen-bond acceptors (Lipinski definition) is 3. The van der Waals surface area contributed by atoms with Crippen molar-refractivity contribution in [3.63, 3.8) is 0 Å². The van der Waals surface area contributed by atoms with Crippen molar-refractivity contribution < 1.29 is 9.53 Å². The van der Waals surface area contributed by atoms with E-state index in [-0.39, 0.29) is 5.91 Å². The van der Waals surface area contributed by atoms with E-state index in [2.05, 4.69) is 52.0 Å². The quantitative estimate of drug-likeness (QED) is 0.705. The van der Waals surface area contributed by atoms with E-state index in [0.717, 1.165) is 17.6 Å². The molecular weight excluding hydrogens is 416 g/mol. The Hall–Kier alpha value is -1.72. The van der Waals surface area contributed by atoms with Gasteiger partial charge in [-0.3, -0.25) is 4.79 Å². The van der Waals surface area contributed by atoms with Crippen molar-refractivity contribution in [2.24, 2.45) is 0 Å². The summed E-state index contributed by atoms with van der Waals surface area (Å²) in [5.74, 6) is 0.629. The fourth-order valence-corrected chi connectivity index (χ4v) is 3.85. The zero-order chi connectivity index (χ0) is 18.7. The van der Waals surface area contributed by atoms with Crippen LogP contribution in [0.3, 0.4) is 0 Å². The standard InChI is InChI=1S/C20H22BrClN2O2/c1-14-4-3-5-17(12-14)23-8-10-24(11-9-23)20(25)15(2)26-19-7-6-16(22)13-18(19)21/h3-7,12-13,15H,8-11H2,1-2H3. The van der Waals surface area contributed by atoms with Crippen LogP contribution in [-0.2, 0) is 4.79 Å². The molecule has 1 heterocycles. The zero-order valence-corrected chi connectivity index (χ0v) is 17.3. The number of amides is 1. The molecule has 1 amide bonds. The van der Waals surface area contributed by atoms with Crippen molar-refractivity contribution >= 4 is 39.1 Å². The molecule has 3 rings (SSSR count). The zero-order valence-electron chi connectivity index (χ0n) is 14.9. The number of benzene rings is 2. The maximum atomic E-state index is 12.7. The highest BCUT2D eigenvalue weighted by molar-refractivity contribution is 9.10. The van der Waals surface area contributed by atoms with Crippen molar-refractivity contribution in [2.45, 2.75) is 20.0 Å². The first-order valence-electron chi connectivity index (χ1n) is 8.66. The van der Waals surface area contributed by atoms with Crippen LogP contribution < -0.4 is 9.64 Å². The molecule has 1 atom stereocenters. The minimum absolute atomic E-state index is 0.00995. The van der Waals surface area contributed by atoms with E-state index in [1.54, 1.807) is 25.1 Å². The second kappa shape index (κ2) is 8.31. The van der Waals surface area contributed by atoms with E-state index in [9.17, 15) is 4.79 Å². The summed E-state index contributed by atoms with van der Waals surface area (Å²) in [5.41, 5.74) is 2.46. The molecule has 1 fully saturated rings. The van der Waals surface area contributed by atoms with Crippen LogP contribution in [-0.4, -0.2) is 43.1 Å². The maximum Gasteiger partial charge on any atom is 0.263 e. The minimum Gasteiger partial charge on any atom is -0.480 e. The lowest BCUT2D eigenvalue weighted by atomic mass is 10.2. The maximum absolute atomic E-state index is 12.7. The molecule has 1 aliphatic rings. The Bertz CT molecular complexity index is 791. The number of anilines is 1. The Morgan fingerprint density at radius 2 is 1.88 bits per heavy atom. The Labute approximate surface area is 167 Å². The Kier molecular flexibility index (Phi) is 6.09. The van der Waals surface area contributed by atoms with Crippen LogP contribution in [0, 0.1) is 6.92 Å². The summed E-state index contributed by atoms with van der Waals surface area (Å²) in [7, 11) is 0. The van der Waals surface area contributed by atoms with Crippen LogP contribution in [0.5, 0.6) is 5.75 Å². The number of halogens is 2. The Morgan fingerprint density at radius 1 is 1.15 bits per heavy atom. The first-order chi connectivity index (χ1) is 12.4. The highest BCUT2D eigenvalue weighted by Gasteiger charge is 2.26. The Morgan fingerprint density at radius 3 is 2.54 bits per heavy atom. The van der Waals surface area contributed by atoms with Crippen LogP contribution in [0.1, 0.15) is 12.5 Å². The highest BCUT2D eigenvalue weighted by atomic mass is 79.9. The molecule has 0 saturated carbocycles. The van der Waals surface area contributed by atoms with Gasteiger partial charge in [-0.05, 0) is 65.7 Å². The van der Waals surface area contributed by atoms with Gasteiger partial charge in [0.25, 0.3) is 5.91 Å². The third-order valence-electron chi connectivity index (χ3n) is 4.50. The van der Waals surface area contributed by atoms with Gasteiger partial charge in [0, 0.05) is 36.9 Å². The number of ether oxygens (including phenoxy) is 1. The average Bonchev–Trinajstić information content (AvgIpc) is 2.63. The van der Waals surface area contributed by atoms with Gasteiger partial charge in [0.15, 0.2) is 6.10 Å². The van der Waals surface area contributed by atoms with Gasteiger partial charge in [-0.1, -0.05) is 23.7 Å². The lowest BCUT2D eigenvalue weighted by molar-refractivity contribution is -0.138. The lowest BCUT2D eigenvalue weighted by Crippen LogP contribution is -2.52. The monoisotopic (exact) mass is 436 g/mol. The van der Waals surface area contributed by atoms with E-state index in [1.807, 2.05) is 4.90 Å². The first kappa shape index (κ1) is 19.1. The fourth-order valence-electron chi connectivity index (χ4n) is 3.08. The molecule has 0 N–H and O–H groups in total. The number of rotatable bonds is 4. The first-order valence-corrected chi connectivity index (χ1v) is 9.83. The van der Waals surface area contributed by atoms with Crippen LogP contribution >= 0.6 is 27.5 Å². The molecule has 0 spiro atoms. The predicted molar refractivity (Wildman–Crippen MR) is 109 cm³/mol. The van der Waals surface area contributed by atoms with Crippen molar-refractivity contribution in [2.75, 3.05) is 31.1 Å². The molecule has 0 radical (unpaired) electrons. The Balaban J connectivity index is 1.57.